The Kier molecular flexibility index (Phi) is 5.75. The molecule has 180 valence electrons. The Balaban J connectivity index is 1.51. The first kappa shape index (κ1) is 22.6. The van der Waals surface area contributed by atoms with Crippen LogP contribution in [0.5, 0.6) is 5.75 Å². The normalized spacial score (nSPS) is 14.6. The summed E-state index contributed by atoms with van der Waals surface area (Å²) in [6.07, 6.45) is 2.56. The maximum absolute atomic E-state index is 14.6. The predicted molar refractivity (Wildman–Crippen MR) is 124 cm³/mol. The van der Waals surface area contributed by atoms with Gasteiger partial charge in [0, 0.05) is 48.0 Å². The van der Waals surface area contributed by atoms with Crippen molar-refractivity contribution in [1.29, 1.82) is 0 Å². The van der Waals surface area contributed by atoms with Gasteiger partial charge in [-0.3, -0.25) is 0 Å². The summed E-state index contributed by atoms with van der Waals surface area (Å²) in [6, 6.07) is 6.77. The van der Waals surface area contributed by atoms with Crippen molar-refractivity contribution in [1.82, 2.24) is 24.7 Å². The van der Waals surface area contributed by atoms with E-state index in [0.29, 0.717) is 59.4 Å². The van der Waals surface area contributed by atoms with Crippen molar-refractivity contribution in [2.45, 2.75) is 25.7 Å². The van der Waals surface area contributed by atoms with Crippen LogP contribution in [-0.2, 0) is 6.42 Å². The molecular weight excluding hydrogens is 459 g/mol. The Morgan fingerprint density at radius 2 is 1.86 bits per heavy atom. The molecular formula is C24H22F3N7O. The Morgan fingerprint density at radius 3 is 2.51 bits per heavy atom. The van der Waals surface area contributed by atoms with Crippen LogP contribution >= 0.6 is 0 Å². The van der Waals surface area contributed by atoms with Crippen LogP contribution in [0.4, 0.5) is 30.6 Å². The molecule has 0 saturated heterocycles. The second kappa shape index (κ2) is 8.90. The minimum absolute atomic E-state index is 0.189. The van der Waals surface area contributed by atoms with Crippen LogP contribution in [0, 0.1) is 24.4 Å². The minimum atomic E-state index is -0.957. The number of nitrogens with zero attached hydrogens (tertiary/aromatic N) is 5. The van der Waals surface area contributed by atoms with Crippen molar-refractivity contribution < 1.29 is 17.9 Å². The molecule has 1 aliphatic rings. The molecule has 2 aromatic carbocycles. The smallest absolute Gasteiger partial charge is 0.229 e. The number of rotatable bonds is 6. The molecule has 11 heteroatoms. The number of methoxy groups -OCH3 is 1. The third-order valence-electron chi connectivity index (χ3n) is 5.97. The molecule has 0 fully saturated rings. The first-order valence-corrected chi connectivity index (χ1v) is 10.9. The van der Waals surface area contributed by atoms with Crippen molar-refractivity contribution in [3.8, 4) is 11.4 Å². The number of nitrogens with one attached hydrogen (secondary N) is 2. The summed E-state index contributed by atoms with van der Waals surface area (Å²) < 4.78 is 49.7. The van der Waals surface area contributed by atoms with Gasteiger partial charge in [0.25, 0.3) is 0 Å². The van der Waals surface area contributed by atoms with Gasteiger partial charge in [-0.2, -0.15) is 10.1 Å². The number of halogens is 3. The lowest BCUT2D eigenvalue weighted by Crippen LogP contribution is -2.10. The highest BCUT2D eigenvalue weighted by Gasteiger charge is 2.33. The zero-order chi connectivity index (χ0) is 24.7. The van der Waals surface area contributed by atoms with E-state index in [-0.39, 0.29) is 11.5 Å². The molecule has 8 nitrogen and oxygen atoms in total. The van der Waals surface area contributed by atoms with Gasteiger partial charge < -0.3 is 15.4 Å². The van der Waals surface area contributed by atoms with Crippen molar-refractivity contribution in [3.63, 3.8) is 0 Å². The quantitative estimate of drug-likeness (QED) is 0.414. The van der Waals surface area contributed by atoms with Crippen LogP contribution in [0.1, 0.15) is 35.0 Å². The maximum Gasteiger partial charge on any atom is 0.229 e. The average molecular weight is 481 g/mol. The second-order valence-corrected chi connectivity index (χ2v) is 8.13. The van der Waals surface area contributed by atoms with Crippen molar-refractivity contribution >= 4 is 17.5 Å². The van der Waals surface area contributed by atoms with E-state index in [1.807, 2.05) is 6.07 Å². The Labute approximate surface area is 199 Å². The van der Waals surface area contributed by atoms with Gasteiger partial charge >= 0.3 is 0 Å². The zero-order valence-electron chi connectivity index (χ0n) is 19.2. The minimum Gasteiger partial charge on any atom is -0.494 e. The molecule has 0 bridgehead atoms. The molecule has 2 aromatic heterocycles. The highest BCUT2D eigenvalue weighted by molar-refractivity contribution is 5.64. The number of hydrogen-bond donors (Lipinski definition) is 2. The predicted octanol–water partition coefficient (Wildman–Crippen LogP) is 4.66. The van der Waals surface area contributed by atoms with Crippen molar-refractivity contribution in [2.24, 2.45) is 0 Å². The van der Waals surface area contributed by atoms with Crippen molar-refractivity contribution in [3.05, 3.63) is 76.8 Å². The monoisotopic (exact) mass is 481 g/mol. The van der Waals surface area contributed by atoms with Crippen molar-refractivity contribution in [2.75, 3.05) is 24.8 Å². The lowest BCUT2D eigenvalue weighted by atomic mass is 9.95. The molecule has 1 unspecified atom stereocenters. The molecule has 1 atom stereocenters. The fraction of sp³-hybridized carbons (Fsp3) is 0.250. The first-order chi connectivity index (χ1) is 16.9. The molecule has 2 N–H and O–H groups in total. The van der Waals surface area contributed by atoms with Gasteiger partial charge in [-0.15, -0.1) is 0 Å². The van der Waals surface area contributed by atoms with Gasteiger partial charge in [0.15, 0.2) is 0 Å². The van der Waals surface area contributed by atoms with E-state index in [0.717, 1.165) is 5.56 Å². The van der Waals surface area contributed by atoms with E-state index in [1.54, 1.807) is 44.2 Å². The number of benzene rings is 2. The lowest BCUT2D eigenvalue weighted by molar-refractivity contribution is 0.412. The van der Waals surface area contributed by atoms with Crippen LogP contribution < -0.4 is 15.4 Å². The van der Waals surface area contributed by atoms with E-state index in [9.17, 15) is 13.2 Å². The largest absolute Gasteiger partial charge is 0.494 e. The molecule has 0 amide bonds. The summed E-state index contributed by atoms with van der Waals surface area (Å²) in [5.74, 6) is -1.49. The second-order valence-electron chi connectivity index (χ2n) is 8.13. The number of fused-ring (bicyclic) bond motifs is 1. The molecule has 0 aliphatic heterocycles. The summed E-state index contributed by atoms with van der Waals surface area (Å²) in [5, 5.41) is 10.5. The maximum atomic E-state index is 14.6. The fourth-order valence-electron chi connectivity index (χ4n) is 4.43. The third kappa shape index (κ3) is 4.13. The van der Waals surface area contributed by atoms with Gasteiger partial charge in [-0.05, 0) is 31.9 Å². The molecule has 1 aliphatic carbocycles. The Morgan fingerprint density at radius 1 is 1.09 bits per heavy atom. The van der Waals surface area contributed by atoms with Gasteiger partial charge in [-0.25, -0.2) is 27.8 Å². The number of hydrogen-bond acceptors (Lipinski definition) is 7. The summed E-state index contributed by atoms with van der Waals surface area (Å²) in [6.45, 7) is 1.79. The van der Waals surface area contributed by atoms with E-state index in [1.165, 1.54) is 0 Å². The summed E-state index contributed by atoms with van der Waals surface area (Å²) in [4.78, 5) is 13.3. The van der Waals surface area contributed by atoms with Crippen LogP contribution in [0.2, 0.25) is 0 Å². The van der Waals surface area contributed by atoms with E-state index < -0.39 is 23.4 Å². The summed E-state index contributed by atoms with van der Waals surface area (Å²) in [7, 11) is 3.27. The number of aromatic nitrogens is 5. The molecule has 4 aromatic rings. The van der Waals surface area contributed by atoms with Crippen LogP contribution in [0.15, 0.2) is 36.7 Å². The topological polar surface area (TPSA) is 89.8 Å². The van der Waals surface area contributed by atoms with E-state index in [4.69, 9.17) is 4.74 Å². The van der Waals surface area contributed by atoms with Gasteiger partial charge in [0.1, 0.15) is 46.9 Å². The molecule has 0 radical (unpaired) electrons. The highest BCUT2D eigenvalue weighted by atomic mass is 19.1. The Bertz CT molecular complexity index is 1400. The highest BCUT2D eigenvalue weighted by Crippen LogP contribution is 2.42. The van der Waals surface area contributed by atoms with Crippen LogP contribution in [0.3, 0.4) is 0 Å². The lowest BCUT2D eigenvalue weighted by Gasteiger charge is -2.16. The fourth-order valence-corrected chi connectivity index (χ4v) is 4.43. The number of aryl methyl sites for hydroxylation is 1. The number of ether oxygens (including phenoxy) is 1. The molecule has 0 saturated carbocycles. The third-order valence-corrected chi connectivity index (χ3v) is 5.97. The molecule has 2 heterocycles. The van der Waals surface area contributed by atoms with E-state index >= 15 is 0 Å². The number of anilines is 3. The summed E-state index contributed by atoms with van der Waals surface area (Å²) in [5.41, 5.74) is 2.43. The SMILES string of the molecule is CNc1nc(Nc2ccc(-n3cnc(C)n3)c(OC)c2)nc2c1CCC2c1c(F)cc(F)cc1F. The zero-order valence-corrected chi connectivity index (χ0v) is 19.2. The molecule has 0 spiro atoms. The average Bonchev–Trinajstić information content (AvgIpc) is 3.44. The Hall–Kier alpha value is -4.15. The van der Waals surface area contributed by atoms with Gasteiger partial charge in [-0.1, -0.05) is 0 Å². The van der Waals surface area contributed by atoms with Gasteiger partial charge in [0.05, 0.1) is 12.8 Å². The van der Waals surface area contributed by atoms with E-state index in [2.05, 4.69) is 30.7 Å². The first-order valence-electron chi connectivity index (χ1n) is 10.9. The van der Waals surface area contributed by atoms with Crippen LogP contribution in [-0.4, -0.2) is 38.9 Å². The molecule has 5 rings (SSSR count). The van der Waals surface area contributed by atoms with Crippen LogP contribution in [0.25, 0.3) is 5.69 Å². The molecule has 35 heavy (non-hydrogen) atoms. The standard InChI is InChI=1S/C24H22F3N7O/c1-12-29-11-34(33-12)19-7-4-14(10-20(19)35-3)30-24-31-22-15(5-6-16(22)23(28-2)32-24)21-17(26)8-13(25)9-18(21)27/h4,7-11,15H,5-6H2,1-3H3,(H2,28,30,31,32). The van der Waals surface area contributed by atoms with Gasteiger partial charge in [0.2, 0.25) is 5.95 Å². The summed E-state index contributed by atoms with van der Waals surface area (Å²) >= 11 is 0.